The minimum absolute atomic E-state index is 0.872. The van der Waals surface area contributed by atoms with E-state index in [2.05, 4.69) is 13.5 Å². The molecule has 0 aliphatic heterocycles. The van der Waals surface area contributed by atoms with E-state index in [1.807, 2.05) is 36.4 Å². The van der Waals surface area contributed by atoms with Gasteiger partial charge in [-0.15, -0.1) is 0 Å². The molecule has 1 rings (SSSR count). The molecule has 0 radical (unpaired) electrons. The highest BCUT2D eigenvalue weighted by molar-refractivity contribution is 5.45. The molecule has 1 aromatic carbocycles. The molecule has 0 fully saturated rings. The summed E-state index contributed by atoms with van der Waals surface area (Å²) in [6.45, 7) is 6.77. The van der Waals surface area contributed by atoms with Gasteiger partial charge in [0.1, 0.15) is 0 Å². The fourth-order valence-electron chi connectivity index (χ4n) is 2.22. The largest absolute Gasteiger partial charge is 0.330 e. The third-order valence-corrected chi connectivity index (χ3v) is 3.59. The highest BCUT2D eigenvalue weighted by atomic mass is 14.5. The fraction of sp³-hybridized carbons (Fsp3) is 0.600. The van der Waals surface area contributed by atoms with Crippen molar-refractivity contribution in [2.75, 3.05) is 6.54 Å². The van der Waals surface area contributed by atoms with E-state index in [0.29, 0.717) is 0 Å². The molecule has 0 unspecified atom stereocenters. The first-order chi connectivity index (χ1) is 10.3. The lowest BCUT2D eigenvalue weighted by molar-refractivity contribution is 0.558. The molecule has 0 aliphatic rings. The van der Waals surface area contributed by atoms with Crippen LogP contribution in [0.3, 0.4) is 0 Å². The normalized spacial score (nSPS) is 9.81. The topological polar surface area (TPSA) is 26.0 Å². The van der Waals surface area contributed by atoms with Crippen molar-refractivity contribution < 1.29 is 0 Å². The van der Waals surface area contributed by atoms with E-state index >= 15 is 0 Å². The van der Waals surface area contributed by atoms with Crippen molar-refractivity contribution in [3.63, 3.8) is 0 Å². The third kappa shape index (κ3) is 15.1. The Hall–Kier alpha value is -1.08. The molecule has 120 valence electrons. The van der Waals surface area contributed by atoms with Crippen molar-refractivity contribution in [1.29, 1.82) is 0 Å². The van der Waals surface area contributed by atoms with Gasteiger partial charge in [-0.1, -0.05) is 108 Å². The lowest BCUT2D eigenvalue weighted by Crippen LogP contribution is -1.97. The monoisotopic (exact) mass is 289 g/mol. The number of hydrogen-bond donors (Lipinski definition) is 1. The van der Waals surface area contributed by atoms with Crippen LogP contribution < -0.4 is 5.73 Å². The molecule has 0 spiro atoms. The Morgan fingerprint density at radius 2 is 1.29 bits per heavy atom. The smallest absolute Gasteiger partial charge is 0.00773 e. The van der Waals surface area contributed by atoms with Gasteiger partial charge < -0.3 is 5.73 Å². The van der Waals surface area contributed by atoms with Crippen LogP contribution in [0, 0.1) is 0 Å². The minimum Gasteiger partial charge on any atom is -0.330 e. The van der Waals surface area contributed by atoms with Gasteiger partial charge in [-0.3, -0.25) is 0 Å². The standard InChI is InChI=1S/C12H27N.C8H8/c1-2-3-4-5-6-7-8-9-10-11-12-13;1-2-8-6-4-3-5-7-8/h2-13H2,1H3;2-7H,1H2. The highest BCUT2D eigenvalue weighted by Crippen LogP contribution is 2.09. The molecular weight excluding hydrogens is 254 g/mol. The Morgan fingerprint density at radius 1 is 0.810 bits per heavy atom. The first-order valence-electron chi connectivity index (χ1n) is 8.72. The fourth-order valence-corrected chi connectivity index (χ4v) is 2.22. The van der Waals surface area contributed by atoms with E-state index in [4.69, 9.17) is 5.73 Å². The van der Waals surface area contributed by atoms with Crippen molar-refractivity contribution >= 4 is 6.08 Å². The predicted molar refractivity (Wildman–Crippen MR) is 97.4 cm³/mol. The number of rotatable bonds is 11. The van der Waals surface area contributed by atoms with Gasteiger partial charge in [0, 0.05) is 0 Å². The molecule has 0 heterocycles. The van der Waals surface area contributed by atoms with Crippen molar-refractivity contribution in [3.05, 3.63) is 42.5 Å². The number of benzene rings is 1. The van der Waals surface area contributed by atoms with Gasteiger partial charge in [-0.2, -0.15) is 0 Å². The van der Waals surface area contributed by atoms with Gasteiger partial charge in [-0.05, 0) is 18.5 Å². The quantitative estimate of drug-likeness (QED) is 0.482. The highest BCUT2D eigenvalue weighted by Gasteiger charge is 1.91. The molecule has 0 bridgehead atoms. The summed E-state index contributed by atoms with van der Waals surface area (Å²) in [6, 6.07) is 10.0. The average Bonchev–Trinajstić information content (AvgIpc) is 2.55. The van der Waals surface area contributed by atoms with Crippen LogP contribution in [0.2, 0.25) is 0 Å². The van der Waals surface area contributed by atoms with Gasteiger partial charge in [0.15, 0.2) is 0 Å². The minimum atomic E-state index is 0.872. The van der Waals surface area contributed by atoms with Crippen LogP contribution >= 0.6 is 0 Å². The summed E-state index contributed by atoms with van der Waals surface area (Å²) in [4.78, 5) is 0. The van der Waals surface area contributed by atoms with E-state index in [9.17, 15) is 0 Å². The summed E-state index contributed by atoms with van der Waals surface area (Å²) in [5.74, 6) is 0. The summed E-state index contributed by atoms with van der Waals surface area (Å²) in [5, 5.41) is 0. The second-order valence-corrected chi connectivity index (χ2v) is 5.59. The van der Waals surface area contributed by atoms with E-state index < -0.39 is 0 Å². The van der Waals surface area contributed by atoms with Gasteiger partial charge in [0.05, 0.1) is 0 Å². The summed E-state index contributed by atoms with van der Waals surface area (Å²) in [7, 11) is 0. The second kappa shape index (κ2) is 17.0. The van der Waals surface area contributed by atoms with Crippen molar-refractivity contribution in [3.8, 4) is 0 Å². The van der Waals surface area contributed by atoms with Gasteiger partial charge in [-0.25, -0.2) is 0 Å². The second-order valence-electron chi connectivity index (χ2n) is 5.59. The molecular formula is C20H35N. The van der Waals surface area contributed by atoms with Gasteiger partial charge in [0.2, 0.25) is 0 Å². The SMILES string of the molecule is C=Cc1ccccc1.CCCCCCCCCCCCN. The molecule has 1 heteroatoms. The van der Waals surface area contributed by atoms with Crippen LogP contribution in [0.15, 0.2) is 36.9 Å². The molecule has 0 saturated carbocycles. The molecule has 0 amide bonds. The molecule has 0 atom stereocenters. The maximum Gasteiger partial charge on any atom is -0.00773 e. The zero-order valence-electron chi connectivity index (χ0n) is 14.0. The van der Waals surface area contributed by atoms with Crippen LogP contribution in [0.5, 0.6) is 0 Å². The van der Waals surface area contributed by atoms with Crippen molar-refractivity contribution in [2.45, 2.75) is 71.1 Å². The third-order valence-electron chi connectivity index (χ3n) is 3.59. The molecule has 1 aromatic rings. The Morgan fingerprint density at radius 3 is 1.67 bits per heavy atom. The van der Waals surface area contributed by atoms with Gasteiger partial charge >= 0.3 is 0 Å². The predicted octanol–water partition coefficient (Wildman–Crippen LogP) is 6.20. The maximum atomic E-state index is 5.42. The summed E-state index contributed by atoms with van der Waals surface area (Å²) in [6.07, 6.45) is 15.8. The molecule has 0 aromatic heterocycles. The summed E-state index contributed by atoms with van der Waals surface area (Å²) >= 11 is 0. The Labute approximate surface area is 132 Å². The summed E-state index contributed by atoms with van der Waals surface area (Å²) in [5.41, 5.74) is 6.60. The van der Waals surface area contributed by atoms with E-state index in [1.165, 1.54) is 69.8 Å². The van der Waals surface area contributed by atoms with Crippen molar-refractivity contribution in [1.82, 2.24) is 0 Å². The van der Waals surface area contributed by atoms with Crippen LogP contribution in [0.25, 0.3) is 6.08 Å². The lowest BCUT2D eigenvalue weighted by Gasteiger charge is -2.00. The molecule has 0 aliphatic carbocycles. The van der Waals surface area contributed by atoms with E-state index in [-0.39, 0.29) is 0 Å². The Balaban J connectivity index is 0.000000423. The van der Waals surface area contributed by atoms with Crippen LogP contribution in [-0.2, 0) is 0 Å². The number of nitrogens with two attached hydrogens (primary N) is 1. The molecule has 2 N–H and O–H groups in total. The Bertz CT molecular complexity index is 295. The first kappa shape index (κ1) is 19.9. The lowest BCUT2D eigenvalue weighted by atomic mass is 10.1. The number of hydrogen-bond acceptors (Lipinski definition) is 1. The first-order valence-corrected chi connectivity index (χ1v) is 8.72. The summed E-state index contributed by atoms with van der Waals surface area (Å²) < 4.78 is 0. The van der Waals surface area contributed by atoms with Crippen LogP contribution in [0.4, 0.5) is 0 Å². The van der Waals surface area contributed by atoms with E-state index in [0.717, 1.165) is 6.54 Å². The van der Waals surface area contributed by atoms with Crippen LogP contribution in [-0.4, -0.2) is 6.54 Å². The molecule has 0 saturated heterocycles. The van der Waals surface area contributed by atoms with Crippen molar-refractivity contribution in [2.24, 2.45) is 5.73 Å². The maximum absolute atomic E-state index is 5.42. The molecule has 1 nitrogen and oxygen atoms in total. The zero-order valence-corrected chi connectivity index (χ0v) is 14.0. The van der Waals surface area contributed by atoms with Crippen LogP contribution in [0.1, 0.15) is 76.7 Å². The van der Waals surface area contributed by atoms with E-state index in [1.54, 1.807) is 0 Å². The average molecular weight is 290 g/mol. The number of unbranched alkanes of at least 4 members (excludes halogenated alkanes) is 9. The Kier molecular flexibility index (Phi) is 16.1. The van der Waals surface area contributed by atoms with Gasteiger partial charge in [0.25, 0.3) is 0 Å². The molecule has 21 heavy (non-hydrogen) atoms. The zero-order chi connectivity index (χ0) is 15.6.